The molecule has 6 atom stereocenters. The lowest BCUT2D eigenvalue weighted by atomic mass is 9.88. The van der Waals surface area contributed by atoms with Crippen molar-refractivity contribution in [3.05, 3.63) is 0 Å². The second kappa shape index (κ2) is 8.49. The van der Waals surface area contributed by atoms with Gasteiger partial charge in [-0.1, -0.05) is 0 Å². The Hall–Kier alpha value is -1.34. The van der Waals surface area contributed by atoms with E-state index in [1.807, 2.05) is 0 Å². The van der Waals surface area contributed by atoms with Crippen LogP contribution in [0, 0.1) is 0 Å². The number of carboxylic acid groups (broad SMARTS) is 1. The maximum absolute atomic E-state index is 11.2. The van der Waals surface area contributed by atoms with E-state index in [0.717, 1.165) is 6.92 Å². The number of hydrogen-bond acceptors (Lipinski definition) is 9. The maximum Gasteiger partial charge on any atom is 0.364 e. The molecule has 0 radical (unpaired) electrons. The van der Waals surface area contributed by atoms with Crippen LogP contribution in [0.15, 0.2) is 0 Å². The molecule has 1 rings (SSSR count). The zero-order valence-corrected chi connectivity index (χ0v) is 12.9. The van der Waals surface area contributed by atoms with Crippen molar-refractivity contribution in [3.63, 3.8) is 0 Å². The summed E-state index contributed by atoms with van der Waals surface area (Å²) < 4.78 is 9.83. The van der Waals surface area contributed by atoms with Crippen molar-refractivity contribution in [1.82, 2.24) is 11.5 Å². The summed E-state index contributed by atoms with van der Waals surface area (Å²) >= 11 is 0. The third-order valence-electron chi connectivity index (χ3n) is 3.49. The Bertz CT molecular complexity index is 417. The first-order valence-electron chi connectivity index (χ1n) is 6.56. The summed E-state index contributed by atoms with van der Waals surface area (Å²) in [6.45, 7) is 0.542. The fourth-order valence-electron chi connectivity index (χ4n) is 2.34. The van der Waals surface area contributed by atoms with Gasteiger partial charge in [-0.05, 0) is 0 Å². The van der Waals surface area contributed by atoms with E-state index in [4.69, 9.17) is 19.7 Å². The number of carboxylic acids is 1. The number of rotatable bonds is 6. The van der Waals surface area contributed by atoms with Gasteiger partial charge in [-0.15, -0.1) is 0 Å². The second-order valence-electron chi connectivity index (χ2n) is 5.12. The molecule has 11 nitrogen and oxygen atoms in total. The SMILES string of the molecule is CO[C@H](CO)[C@@H](O)[C@@H]1O[C@](O)(C(=O)O)C[C@H](O)[C@H]1NC(C)=O.N. The van der Waals surface area contributed by atoms with E-state index in [1.54, 1.807) is 0 Å². The molecule has 0 bridgehead atoms. The standard InChI is InChI=1S/C12H21NO9.H3N/c1-5(15)13-8-6(16)3-12(20,11(18)19)22-10(8)9(17)7(4-14)21-2;/h6-10,14,16-17,20H,3-4H2,1-2H3,(H,13,15)(H,18,19);1H3/t6-,7+,8+,9+,10+,12-;/m0./s1. The summed E-state index contributed by atoms with van der Waals surface area (Å²) in [5, 5.41) is 50.6. The quantitative estimate of drug-likeness (QED) is 0.260. The normalized spacial score (nSPS) is 33.2. The Morgan fingerprint density at radius 3 is 2.43 bits per heavy atom. The Labute approximate surface area is 132 Å². The van der Waals surface area contributed by atoms with Crippen LogP contribution in [0.4, 0.5) is 0 Å². The van der Waals surface area contributed by atoms with Gasteiger partial charge in [0, 0.05) is 20.5 Å². The monoisotopic (exact) mass is 340 g/mol. The predicted octanol–water partition coefficient (Wildman–Crippen LogP) is -3.06. The topological polar surface area (TPSA) is 201 Å². The largest absolute Gasteiger partial charge is 0.477 e. The van der Waals surface area contributed by atoms with Crippen molar-refractivity contribution >= 4 is 11.9 Å². The lowest BCUT2D eigenvalue weighted by Gasteiger charge is -2.45. The van der Waals surface area contributed by atoms with Crippen LogP contribution in [0.3, 0.4) is 0 Å². The van der Waals surface area contributed by atoms with Crippen LogP contribution < -0.4 is 11.5 Å². The minimum Gasteiger partial charge on any atom is -0.477 e. The van der Waals surface area contributed by atoms with E-state index < -0.39 is 61.1 Å². The molecule has 11 heteroatoms. The molecule has 1 amide bonds. The number of carbonyl (C=O) groups excluding carboxylic acids is 1. The van der Waals surface area contributed by atoms with Crippen LogP contribution >= 0.6 is 0 Å². The number of ether oxygens (including phenoxy) is 2. The maximum atomic E-state index is 11.2. The van der Waals surface area contributed by atoms with Crippen molar-refractivity contribution in [1.29, 1.82) is 0 Å². The van der Waals surface area contributed by atoms with Gasteiger partial charge in [0.1, 0.15) is 18.3 Å². The van der Waals surface area contributed by atoms with Crippen LogP contribution in [-0.4, -0.2) is 87.4 Å². The number of carbonyl (C=O) groups is 2. The Balaban J connectivity index is 0.00000484. The van der Waals surface area contributed by atoms with Gasteiger partial charge in [0.25, 0.3) is 5.79 Å². The van der Waals surface area contributed by atoms with Gasteiger partial charge in [-0.3, -0.25) is 4.79 Å². The Kier molecular flexibility index (Phi) is 8.00. The zero-order chi connectivity index (χ0) is 17.1. The summed E-state index contributed by atoms with van der Waals surface area (Å²) in [4.78, 5) is 22.3. The molecular formula is C12H24N2O9. The van der Waals surface area contributed by atoms with Crippen molar-refractivity contribution in [2.24, 2.45) is 0 Å². The van der Waals surface area contributed by atoms with Crippen LogP contribution in [0.25, 0.3) is 0 Å². The molecule has 1 aliphatic heterocycles. The lowest BCUT2D eigenvalue weighted by Crippen LogP contribution is -2.67. The van der Waals surface area contributed by atoms with Gasteiger partial charge in [0.05, 0.1) is 18.8 Å². The van der Waals surface area contributed by atoms with Crippen LogP contribution in [0.2, 0.25) is 0 Å². The number of amides is 1. The third kappa shape index (κ3) is 4.81. The number of aliphatic carboxylic acids is 1. The molecule has 1 heterocycles. The molecule has 0 aliphatic carbocycles. The molecule has 0 aromatic heterocycles. The third-order valence-corrected chi connectivity index (χ3v) is 3.49. The summed E-state index contributed by atoms with van der Waals surface area (Å²) in [5.41, 5.74) is 0. The highest BCUT2D eigenvalue weighted by molar-refractivity contribution is 5.76. The molecule has 0 unspecified atom stereocenters. The molecule has 1 fully saturated rings. The van der Waals surface area contributed by atoms with Crippen LogP contribution in [0.1, 0.15) is 13.3 Å². The summed E-state index contributed by atoms with van der Waals surface area (Å²) in [6, 6.07) is -1.18. The molecule has 0 aromatic carbocycles. The lowest BCUT2D eigenvalue weighted by molar-refractivity contribution is -0.295. The molecule has 1 aliphatic rings. The average Bonchev–Trinajstić information content (AvgIpc) is 2.42. The van der Waals surface area contributed by atoms with Crippen LogP contribution in [0.5, 0.6) is 0 Å². The van der Waals surface area contributed by atoms with E-state index in [1.165, 1.54) is 7.11 Å². The predicted molar refractivity (Wildman–Crippen MR) is 74.6 cm³/mol. The highest BCUT2D eigenvalue weighted by atomic mass is 16.7. The van der Waals surface area contributed by atoms with Gasteiger partial charge in [0.15, 0.2) is 0 Å². The average molecular weight is 340 g/mol. The molecule has 23 heavy (non-hydrogen) atoms. The molecule has 136 valence electrons. The van der Waals surface area contributed by atoms with Gasteiger partial charge >= 0.3 is 5.97 Å². The first kappa shape index (κ1) is 21.7. The number of methoxy groups -OCH3 is 1. The Morgan fingerprint density at radius 2 is 2.04 bits per heavy atom. The summed E-state index contributed by atoms with van der Waals surface area (Å²) in [5.74, 6) is -5.03. The second-order valence-corrected chi connectivity index (χ2v) is 5.12. The van der Waals surface area contributed by atoms with E-state index in [9.17, 15) is 24.9 Å². The number of hydrogen-bond donors (Lipinski definition) is 7. The first-order chi connectivity index (χ1) is 10.2. The highest BCUT2D eigenvalue weighted by Crippen LogP contribution is 2.30. The van der Waals surface area contributed by atoms with Crippen molar-refractivity contribution in [2.45, 2.75) is 49.6 Å². The molecule has 1 saturated heterocycles. The van der Waals surface area contributed by atoms with Gasteiger partial charge in [-0.25, -0.2) is 4.79 Å². The van der Waals surface area contributed by atoms with Crippen molar-refractivity contribution < 1.29 is 44.6 Å². The summed E-state index contributed by atoms with van der Waals surface area (Å²) in [7, 11) is 1.19. The van der Waals surface area contributed by atoms with Crippen molar-refractivity contribution in [3.8, 4) is 0 Å². The van der Waals surface area contributed by atoms with E-state index in [0.29, 0.717) is 0 Å². The van der Waals surface area contributed by atoms with Crippen LogP contribution in [-0.2, 0) is 19.1 Å². The van der Waals surface area contributed by atoms with Gasteiger partial charge in [-0.2, -0.15) is 0 Å². The fraction of sp³-hybridized carbons (Fsp3) is 0.833. The first-order valence-corrected chi connectivity index (χ1v) is 6.56. The zero-order valence-electron chi connectivity index (χ0n) is 12.9. The van der Waals surface area contributed by atoms with Gasteiger partial charge < -0.3 is 46.5 Å². The minimum atomic E-state index is -2.73. The minimum absolute atomic E-state index is 0. The van der Waals surface area contributed by atoms with E-state index >= 15 is 0 Å². The fourth-order valence-corrected chi connectivity index (χ4v) is 2.34. The molecular weight excluding hydrogens is 316 g/mol. The number of aliphatic hydroxyl groups excluding tert-OH is 3. The van der Waals surface area contributed by atoms with E-state index in [2.05, 4.69) is 5.32 Å². The highest BCUT2D eigenvalue weighted by Gasteiger charge is 2.53. The molecule has 0 spiro atoms. The molecule has 0 saturated carbocycles. The van der Waals surface area contributed by atoms with Gasteiger partial charge in [0.2, 0.25) is 5.91 Å². The number of nitrogens with one attached hydrogen (secondary N) is 1. The molecule has 9 N–H and O–H groups in total. The smallest absolute Gasteiger partial charge is 0.364 e. The van der Waals surface area contributed by atoms with E-state index in [-0.39, 0.29) is 6.15 Å². The van der Waals surface area contributed by atoms with Crippen molar-refractivity contribution in [2.75, 3.05) is 13.7 Å². The Morgan fingerprint density at radius 1 is 1.48 bits per heavy atom. The molecule has 0 aromatic rings. The number of aliphatic hydroxyl groups is 4. The summed E-state index contributed by atoms with van der Waals surface area (Å²) in [6.07, 6.45) is -6.47.